The molecule has 0 radical (unpaired) electrons. The van der Waals surface area contributed by atoms with Gasteiger partial charge in [-0.05, 0) is 44.0 Å². The Kier molecular flexibility index (Phi) is 5.51. The molecule has 0 saturated heterocycles. The lowest BCUT2D eigenvalue weighted by Gasteiger charge is -2.12. The van der Waals surface area contributed by atoms with Gasteiger partial charge in [0.1, 0.15) is 0 Å². The standard InChI is InChI=1S/C20H23N5OS/c1-12-8-13(2)18(14(3)9-12)22-17(26)11-27-20-24-23-19(25(20)4)15-6-5-7-16(21)10-15/h5-10H,11,21H2,1-4H3,(H,22,26). The molecule has 1 heterocycles. The van der Waals surface area contributed by atoms with Crippen molar-refractivity contribution in [3.63, 3.8) is 0 Å². The molecule has 27 heavy (non-hydrogen) atoms. The minimum absolute atomic E-state index is 0.0661. The van der Waals surface area contributed by atoms with Gasteiger partial charge in [-0.25, -0.2) is 0 Å². The molecule has 0 aliphatic carbocycles. The van der Waals surface area contributed by atoms with Crippen LogP contribution in [0.15, 0.2) is 41.6 Å². The summed E-state index contributed by atoms with van der Waals surface area (Å²) in [5.41, 5.74) is 11.6. The Morgan fingerprint density at radius 1 is 1.15 bits per heavy atom. The summed E-state index contributed by atoms with van der Waals surface area (Å²) in [5.74, 6) is 0.911. The Balaban J connectivity index is 1.68. The molecule has 0 aliphatic heterocycles. The zero-order valence-corrected chi connectivity index (χ0v) is 16.7. The number of thioether (sulfide) groups is 1. The van der Waals surface area contributed by atoms with Crippen molar-refractivity contribution in [3.8, 4) is 11.4 Å². The smallest absolute Gasteiger partial charge is 0.234 e. The Morgan fingerprint density at radius 2 is 1.85 bits per heavy atom. The van der Waals surface area contributed by atoms with Crippen LogP contribution in [0.25, 0.3) is 11.4 Å². The molecular weight excluding hydrogens is 358 g/mol. The van der Waals surface area contributed by atoms with Gasteiger partial charge in [-0.2, -0.15) is 0 Å². The first kappa shape index (κ1) is 19.0. The van der Waals surface area contributed by atoms with Crippen molar-refractivity contribution in [1.29, 1.82) is 0 Å². The van der Waals surface area contributed by atoms with Gasteiger partial charge in [-0.3, -0.25) is 4.79 Å². The van der Waals surface area contributed by atoms with Crippen LogP contribution in [0.3, 0.4) is 0 Å². The van der Waals surface area contributed by atoms with Gasteiger partial charge in [-0.1, -0.05) is 41.6 Å². The first-order valence-corrected chi connectivity index (χ1v) is 9.59. The highest BCUT2D eigenvalue weighted by molar-refractivity contribution is 7.99. The predicted octanol–water partition coefficient (Wildman–Crippen LogP) is 3.72. The number of anilines is 2. The number of aryl methyl sites for hydroxylation is 3. The summed E-state index contributed by atoms with van der Waals surface area (Å²) < 4.78 is 1.87. The second-order valence-corrected chi connectivity index (χ2v) is 7.54. The van der Waals surface area contributed by atoms with Crippen LogP contribution < -0.4 is 11.1 Å². The maximum Gasteiger partial charge on any atom is 0.234 e. The van der Waals surface area contributed by atoms with Gasteiger partial charge in [0.2, 0.25) is 5.91 Å². The molecule has 140 valence electrons. The van der Waals surface area contributed by atoms with Crippen LogP contribution in [0.2, 0.25) is 0 Å². The molecule has 0 atom stereocenters. The van der Waals surface area contributed by atoms with Crippen molar-refractivity contribution in [2.24, 2.45) is 7.05 Å². The average molecular weight is 382 g/mol. The summed E-state index contributed by atoms with van der Waals surface area (Å²) in [7, 11) is 1.88. The maximum atomic E-state index is 12.4. The fourth-order valence-corrected chi connectivity index (χ4v) is 3.76. The number of rotatable bonds is 5. The first-order valence-electron chi connectivity index (χ1n) is 8.61. The minimum atomic E-state index is -0.0661. The summed E-state index contributed by atoms with van der Waals surface area (Å²) in [6, 6.07) is 11.6. The molecular formula is C20H23N5OS. The van der Waals surface area contributed by atoms with Crippen molar-refractivity contribution in [1.82, 2.24) is 14.8 Å². The van der Waals surface area contributed by atoms with E-state index in [2.05, 4.69) is 27.6 Å². The molecule has 2 aromatic carbocycles. The molecule has 1 aromatic heterocycles. The largest absolute Gasteiger partial charge is 0.399 e. The van der Waals surface area contributed by atoms with E-state index in [9.17, 15) is 4.79 Å². The summed E-state index contributed by atoms with van der Waals surface area (Å²) in [6.45, 7) is 6.06. The zero-order valence-electron chi connectivity index (χ0n) is 15.9. The lowest BCUT2D eigenvalue weighted by Crippen LogP contribution is -2.16. The van der Waals surface area contributed by atoms with Gasteiger partial charge in [0.05, 0.1) is 5.75 Å². The molecule has 0 bridgehead atoms. The monoisotopic (exact) mass is 381 g/mol. The molecule has 3 rings (SSSR count). The van der Waals surface area contributed by atoms with Crippen LogP contribution in [0.5, 0.6) is 0 Å². The maximum absolute atomic E-state index is 12.4. The van der Waals surface area contributed by atoms with Crippen LogP contribution in [-0.4, -0.2) is 26.4 Å². The number of nitrogen functional groups attached to an aromatic ring is 1. The van der Waals surface area contributed by atoms with Gasteiger partial charge >= 0.3 is 0 Å². The van der Waals surface area contributed by atoms with Crippen molar-refractivity contribution >= 4 is 29.0 Å². The second-order valence-electron chi connectivity index (χ2n) is 6.60. The molecule has 0 saturated carbocycles. The third-order valence-corrected chi connectivity index (χ3v) is 5.27. The van der Waals surface area contributed by atoms with Crippen molar-refractivity contribution in [2.45, 2.75) is 25.9 Å². The highest BCUT2D eigenvalue weighted by atomic mass is 32.2. The summed E-state index contributed by atoms with van der Waals surface area (Å²) in [5, 5.41) is 12.1. The number of amides is 1. The van der Waals surface area contributed by atoms with E-state index in [-0.39, 0.29) is 11.7 Å². The average Bonchev–Trinajstić information content (AvgIpc) is 2.97. The van der Waals surface area contributed by atoms with Crippen molar-refractivity contribution in [3.05, 3.63) is 53.1 Å². The molecule has 0 unspecified atom stereocenters. The van der Waals surface area contributed by atoms with Gasteiger partial charge in [0.15, 0.2) is 11.0 Å². The van der Waals surface area contributed by atoms with Crippen molar-refractivity contribution < 1.29 is 4.79 Å². The number of nitrogens with one attached hydrogen (secondary N) is 1. The fraction of sp³-hybridized carbons (Fsp3) is 0.250. The number of nitrogens with zero attached hydrogens (tertiary/aromatic N) is 3. The third kappa shape index (κ3) is 4.31. The lowest BCUT2D eigenvalue weighted by molar-refractivity contribution is -0.113. The van der Waals surface area contributed by atoms with Gasteiger partial charge in [-0.15, -0.1) is 10.2 Å². The van der Waals surface area contributed by atoms with E-state index < -0.39 is 0 Å². The topological polar surface area (TPSA) is 85.8 Å². The highest BCUT2D eigenvalue weighted by Crippen LogP contribution is 2.25. The molecule has 0 spiro atoms. The second kappa shape index (κ2) is 7.84. The third-order valence-electron chi connectivity index (χ3n) is 4.25. The number of hydrogen-bond acceptors (Lipinski definition) is 5. The van der Waals surface area contributed by atoms with E-state index in [4.69, 9.17) is 5.73 Å². The van der Waals surface area contributed by atoms with E-state index in [1.165, 1.54) is 17.3 Å². The van der Waals surface area contributed by atoms with Gasteiger partial charge in [0.25, 0.3) is 0 Å². The Morgan fingerprint density at radius 3 is 2.52 bits per heavy atom. The molecule has 0 fully saturated rings. The van der Waals surface area contributed by atoms with Crippen LogP contribution in [0, 0.1) is 20.8 Å². The van der Waals surface area contributed by atoms with E-state index in [1.807, 2.05) is 56.7 Å². The number of aromatic nitrogens is 3. The Hall–Kier alpha value is -2.80. The Labute approximate surface area is 163 Å². The quantitative estimate of drug-likeness (QED) is 0.520. The molecule has 3 N–H and O–H groups in total. The number of carbonyl (C=O) groups is 1. The number of benzene rings is 2. The SMILES string of the molecule is Cc1cc(C)c(NC(=O)CSc2nnc(-c3cccc(N)c3)n2C)c(C)c1. The lowest BCUT2D eigenvalue weighted by atomic mass is 10.1. The number of hydrogen-bond donors (Lipinski definition) is 2. The Bertz CT molecular complexity index is 973. The highest BCUT2D eigenvalue weighted by Gasteiger charge is 2.14. The van der Waals surface area contributed by atoms with E-state index in [1.54, 1.807) is 0 Å². The minimum Gasteiger partial charge on any atom is -0.399 e. The van der Waals surface area contributed by atoms with E-state index in [0.717, 1.165) is 28.2 Å². The molecule has 3 aromatic rings. The summed E-state index contributed by atoms with van der Waals surface area (Å²) in [6.07, 6.45) is 0. The fourth-order valence-electron chi connectivity index (χ4n) is 3.05. The molecule has 6 nitrogen and oxygen atoms in total. The molecule has 7 heteroatoms. The summed E-state index contributed by atoms with van der Waals surface area (Å²) >= 11 is 1.36. The van der Waals surface area contributed by atoms with Crippen LogP contribution in [0.4, 0.5) is 11.4 Å². The van der Waals surface area contributed by atoms with Crippen LogP contribution >= 0.6 is 11.8 Å². The number of carbonyl (C=O) groups excluding carboxylic acids is 1. The van der Waals surface area contributed by atoms with Crippen molar-refractivity contribution in [2.75, 3.05) is 16.8 Å². The first-order chi connectivity index (χ1) is 12.8. The summed E-state index contributed by atoms with van der Waals surface area (Å²) in [4.78, 5) is 12.4. The predicted molar refractivity (Wildman–Crippen MR) is 111 cm³/mol. The molecule has 1 amide bonds. The normalized spacial score (nSPS) is 10.8. The van der Waals surface area contributed by atoms with Crippen LogP contribution in [-0.2, 0) is 11.8 Å². The van der Waals surface area contributed by atoms with Gasteiger partial charge in [0, 0.05) is 24.0 Å². The molecule has 0 aliphatic rings. The van der Waals surface area contributed by atoms with E-state index in [0.29, 0.717) is 10.8 Å². The van der Waals surface area contributed by atoms with Gasteiger partial charge < -0.3 is 15.6 Å². The zero-order chi connectivity index (χ0) is 19.6. The van der Waals surface area contributed by atoms with Crippen LogP contribution in [0.1, 0.15) is 16.7 Å². The number of nitrogens with two attached hydrogens (primary N) is 1. The van der Waals surface area contributed by atoms with E-state index >= 15 is 0 Å².